The lowest BCUT2D eigenvalue weighted by Crippen LogP contribution is -2.52. The van der Waals surface area contributed by atoms with Crippen LogP contribution < -0.4 is 5.56 Å². The van der Waals surface area contributed by atoms with E-state index in [1.165, 1.54) is 15.6 Å². The van der Waals surface area contributed by atoms with E-state index in [2.05, 4.69) is 15.1 Å². The number of pyridine rings is 2. The first-order chi connectivity index (χ1) is 14.3. The zero-order valence-electron chi connectivity index (χ0n) is 15.6. The summed E-state index contributed by atoms with van der Waals surface area (Å²) in [6, 6.07) is 8.59. The highest BCUT2D eigenvalue weighted by Crippen LogP contribution is 2.28. The average molecular weight is 415 g/mol. The maximum atomic E-state index is 12.6. The van der Waals surface area contributed by atoms with E-state index < -0.39 is 17.8 Å². The Bertz CT molecular complexity index is 1110. The number of carbonyl (C=O) groups excluding carboxylic acids is 1. The largest absolute Gasteiger partial charge is 0.433 e. The molecule has 1 aliphatic heterocycles. The lowest BCUT2D eigenvalue weighted by atomic mass is 9.99. The SMILES string of the molecule is O=C(c1ccc(C(F)(F)F)nc1)N1CC(Cn2nc(-c3cccnc3)ccc2=O)C1. The molecule has 1 amide bonds. The van der Waals surface area contributed by atoms with Crippen molar-refractivity contribution in [2.24, 2.45) is 5.92 Å². The van der Waals surface area contributed by atoms with Gasteiger partial charge in [0.25, 0.3) is 11.5 Å². The minimum Gasteiger partial charge on any atom is -0.338 e. The first kappa shape index (κ1) is 19.7. The van der Waals surface area contributed by atoms with Crippen molar-refractivity contribution in [1.29, 1.82) is 0 Å². The maximum absolute atomic E-state index is 12.6. The molecule has 0 N–H and O–H groups in total. The van der Waals surface area contributed by atoms with Gasteiger partial charge in [0.2, 0.25) is 0 Å². The van der Waals surface area contributed by atoms with Crippen LogP contribution in [0.15, 0.2) is 59.8 Å². The van der Waals surface area contributed by atoms with E-state index in [0.717, 1.165) is 23.9 Å². The van der Waals surface area contributed by atoms with Crippen molar-refractivity contribution in [2.45, 2.75) is 12.7 Å². The molecule has 10 heteroatoms. The second kappa shape index (κ2) is 7.69. The molecule has 0 atom stereocenters. The highest BCUT2D eigenvalue weighted by Gasteiger charge is 2.34. The van der Waals surface area contributed by atoms with E-state index >= 15 is 0 Å². The highest BCUT2D eigenvalue weighted by molar-refractivity contribution is 5.94. The standard InChI is InChI=1S/C20H16F3N5O2/c21-20(22,23)17-5-3-15(9-25-17)19(30)27-10-13(11-27)12-28-18(29)6-4-16(26-28)14-2-1-7-24-8-14/h1-9,13H,10-12H2. The first-order valence-electron chi connectivity index (χ1n) is 9.12. The Hall–Kier alpha value is -3.56. The molecule has 4 rings (SSSR count). The second-order valence-corrected chi connectivity index (χ2v) is 6.99. The van der Waals surface area contributed by atoms with Crippen molar-refractivity contribution >= 4 is 5.91 Å². The Morgan fingerprint density at radius 3 is 2.53 bits per heavy atom. The van der Waals surface area contributed by atoms with Gasteiger partial charge in [-0.3, -0.25) is 19.6 Å². The molecule has 4 heterocycles. The predicted octanol–water partition coefficient (Wildman–Crippen LogP) is 2.49. The van der Waals surface area contributed by atoms with Crippen molar-refractivity contribution in [3.8, 4) is 11.3 Å². The molecule has 30 heavy (non-hydrogen) atoms. The third-order valence-electron chi connectivity index (χ3n) is 4.80. The number of hydrogen-bond donors (Lipinski definition) is 0. The summed E-state index contributed by atoms with van der Waals surface area (Å²) >= 11 is 0. The van der Waals surface area contributed by atoms with Crippen LogP contribution in [-0.4, -0.2) is 43.6 Å². The normalized spacial score (nSPS) is 14.4. The molecule has 0 spiro atoms. The predicted molar refractivity (Wildman–Crippen MR) is 100 cm³/mol. The minimum atomic E-state index is -4.55. The summed E-state index contributed by atoms with van der Waals surface area (Å²) in [5, 5.41) is 4.37. The molecule has 154 valence electrons. The number of alkyl halides is 3. The van der Waals surface area contributed by atoms with Crippen molar-refractivity contribution in [3.63, 3.8) is 0 Å². The molecular formula is C20H16F3N5O2. The van der Waals surface area contributed by atoms with Crippen LogP contribution >= 0.6 is 0 Å². The van der Waals surface area contributed by atoms with E-state index in [1.54, 1.807) is 24.5 Å². The van der Waals surface area contributed by atoms with Gasteiger partial charge in [-0.15, -0.1) is 0 Å². The Labute approximate surface area is 168 Å². The number of likely N-dealkylation sites (tertiary alicyclic amines) is 1. The van der Waals surface area contributed by atoms with Crippen LogP contribution in [0.4, 0.5) is 13.2 Å². The molecule has 1 fully saturated rings. The van der Waals surface area contributed by atoms with Crippen LogP contribution in [0.3, 0.4) is 0 Å². The topological polar surface area (TPSA) is 81.0 Å². The molecule has 1 saturated heterocycles. The molecule has 0 saturated carbocycles. The Morgan fingerprint density at radius 2 is 1.90 bits per heavy atom. The quantitative estimate of drug-likeness (QED) is 0.654. The summed E-state index contributed by atoms with van der Waals surface area (Å²) in [6.07, 6.45) is -0.319. The molecule has 0 aliphatic carbocycles. The van der Waals surface area contributed by atoms with Gasteiger partial charge in [0.15, 0.2) is 0 Å². The van der Waals surface area contributed by atoms with Crippen LogP contribution in [0.25, 0.3) is 11.3 Å². The summed E-state index contributed by atoms with van der Waals surface area (Å²) in [7, 11) is 0. The molecule has 3 aromatic heterocycles. The van der Waals surface area contributed by atoms with Gasteiger partial charge < -0.3 is 4.90 Å². The zero-order valence-corrected chi connectivity index (χ0v) is 15.6. The molecular weight excluding hydrogens is 399 g/mol. The molecule has 0 unspecified atom stereocenters. The fraction of sp³-hybridized carbons (Fsp3) is 0.250. The molecule has 3 aromatic rings. The summed E-state index contributed by atoms with van der Waals surface area (Å²) < 4.78 is 39.1. The number of aromatic nitrogens is 4. The fourth-order valence-corrected chi connectivity index (χ4v) is 3.21. The Morgan fingerprint density at radius 1 is 1.10 bits per heavy atom. The summed E-state index contributed by atoms with van der Waals surface area (Å²) in [4.78, 5) is 33.4. The van der Waals surface area contributed by atoms with E-state index in [0.29, 0.717) is 25.3 Å². The molecule has 7 nitrogen and oxygen atoms in total. The monoisotopic (exact) mass is 415 g/mol. The van der Waals surface area contributed by atoms with Gasteiger partial charge in [-0.25, -0.2) is 4.68 Å². The van der Waals surface area contributed by atoms with Crippen LogP contribution in [0, 0.1) is 5.92 Å². The van der Waals surface area contributed by atoms with Gasteiger partial charge in [-0.1, -0.05) is 0 Å². The third-order valence-corrected chi connectivity index (χ3v) is 4.80. The lowest BCUT2D eigenvalue weighted by Gasteiger charge is -2.39. The number of amides is 1. The van der Waals surface area contributed by atoms with Gasteiger partial charge in [-0.2, -0.15) is 18.3 Å². The summed E-state index contributed by atoms with van der Waals surface area (Å²) in [5.41, 5.74) is 0.200. The van der Waals surface area contributed by atoms with E-state index in [-0.39, 0.29) is 17.0 Å². The van der Waals surface area contributed by atoms with E-state index in [9.17, 15) is 22.8 Å². The van der Waals surface area contributed by atoms with Crippen molar-refractivity contribution in [2.75, 3.05) is 13.1 Å². The van der Waals surface area contributed by atoms with Gasteiger partial charge in [0.05, 0.1) is 17.8 Å². The van der Waals surface area contributed by atoms with Crippen LogP contribution in [-0.2, 0) is 12.7 Å². The van der Waals surface area contributed by atoms with Gasteiger partial charge in [0, 0.05) is 49.2 Å². The average Bonchev–Trinajstić information content (AvgIpc) is 2.71. The number of hydrogen-bond acceptors (Lipinski definition) is 5. The first-order valence-corrected chi connectivity index (χ1v) is 9.12. The van der Waals surface area contributed by atoms with Crippen LogP contribution in [0.1, 0.15) is 16.1 Å². The number of halogens is 3. The zero-order chi connectivity index (χ0) is 21.3. The van der Waals surface area contributed by atoms with Crippen LogP contribution in [0.5, 0.6) is 0 Å². The smallest absolute Gasteiger partial charge is 0.338 e. The molecule has 0 aromatic carbocycles. The van der Waals surface area contributed by atoms with Crippen molar-refractivity contribution < 1.29 is 18.0 Å². The Balaban J connectivity index is 1.39. The fourth-order valence-electron chi connectivity index (χ4n) is 3.21. The lowest BCUT2D eigenvalue weighted by molar-refractivity contribution is -0.141. The van der Waals surface area contributed by atoms with Crippen molar-refractivity contribution in [3.05, 3.63) is 76.6 Å². The van der Waals surface area contributed by atoms with Crippen molar-refractivity contribution in [1.82, 2.24) is 24.6 Å². The molecule has 1 aliphatic rings. The van der Waals surface area contributed by atoms with E-state index in [1.807, 2.05) is 6.07 Å². The molecule has 0 radical (unpaired) electrons. The Kier molecular flexibility index (Phi) is 5.06. The molecule has 0 bridgehead atoms. The number of nitrogens with zero attached hydrogens (tertiary/aromatic N) is 5. The number of rotatable bonds is 4. The second-order valence-electron chi connectivity index (χ2n) is 6.99. The van der Waals surface area contributed by atoms with E-state index in [4.69, 9.17) is 0 Å². The summed E-state index contributed by atoms with van der Waals surface area (Å²) in [5.74, 6) is -0.373. The van der Waals surface area contributed by atoms with Gasteiger partial charge >= 0.3 is 6.18 Å². The number of carbonyl (C=O) groups is 1. The van der Waals surface area contributed by atoms with Gasteiger partial charge in [0.1, 0.15) is 5.69 Å². The minimum absolute atomic E-state index is 0.0192. The third kappa shape index (κ3) is 4.07. The highest BCUT2D eigenvalue weighted by atomic mass is 19.4. The maximum Gasteiger partial charge on any atom is 0.433 e. The van der Waals surface area contributed by atoms with Gasteiger partial charge in [-0.05, 0) is 30.3 Å². The van der Waals surface area contributed by atoms with Crippen LogP contribution in [0.2, 0.25) is 0 Å². The summed E-state index contributed by atoms with van der Waals surface area (Å²) in [6.45, 7) is 1.10.